The third-order valence-corrected chi connectivity index (χ3v) is 3.71. The number of para-hydroxylation sites is 1. The fourth-order valence-electron chi connectivity index (χ4n) is 2.47. The average molecular weight is 344 g/mol. The van der Waals surface area contributed by atoms with Crippen LogP contribution < -0.4 is 10.2 Å². The number of terminal acetylenes is 1. The van der Waals surface area contributed by atoms with Gasteiger partial charge in [-0.2, -0.15) is 5.10 Å². The number of carbonyl (C=O) groups excluding carboxylic acids is 1. The summed E-state index contributed by atoms with van der Waals surface area (Å²) < 4.78 is 5.42. The Labute approximate surface area is 150 Å². The zero-order valence-electron chi connectivity index (χ0n) is 13.8. The molecule has 2 N–H and O–H groups in total. The molecule has 5 heteroatoms. The van der Waals surface area contributed by atoms with Crippen molar-refractivity contribution in [1.82, 2.24) is 5.43 Å². The number of rotatable bonds is 5. The van der Waals surface area contributed by atoms with Crippen molar-refractivity contribution < 1.29 is 14.6 Å². The minimum absolute atomic E-state index is 0.103. The number of benzene rings is 3. The van der Waals surface area contributed by atoms with Gasteiger partial charge in [0.1, 0.15) is 18.1 Å². The smallest absolute Gasteiger partial charge is 0.275 e. The van der Waals surface area contributed by atoms with Crippen LogP contribution in [-0.2, 0) is 0 Å². The van der Waals surface area contributed by atoms with Crippen LogP contribution in [0.4, 0.5) is 0 Å². The Morgan fingerprint density at radius 3 is 2.62 bits per heavy atom. The lowest BCUT2D eigenvalue weighted by Gasteiger charge is -2.07. The Kier molecular flexibility index (Phi) is 5.16. The molecule has 0 saturated heterocycles. The van der Waals surface area contributed by atoms with Gasteiger partial charge in [0.2, 0.25) is 0 Å². The van der Waals surface area contributed by atoms with Gasteiger partial charge >= 0.3 is 0 Å². The van der Waals surface area contributed by atoms with Crippen LogP contribution in [0.25, 0.3) is 10.8 Å². The molecule has 0 heterocycles. The number of hydrogen-bond acceptors (Lipinski definition) is 4. The van der Waals surface area contributed by atoms with Crippen LogP contribution in [0.15, 0.2) is 65.8 Å². The van der Waals surface area contributed by atoms with Crippen LogP contribution in [0.1, 0.15) is 15.9 Å². The van der Waals surface area contributed by atoms with Gasteiger partial charge in [-0.15, -0.1) is 6.42 Å². The molecule has 0 radical (unpaired) electrons. The molecule has 0 aliphatic rings. The molecule has 0 unspecified atom stereocenters. The first-order valence-corrected chi connectivity index (χ1v) is 7.89. The number of carbonyl (C=O) groups is 1. The van der Waals surface area contributed by atoms with Crippen molar-refractivity contribution in [2.24, 2.45) is 5.10 Å². The number of nitrogens with zero attached hydrogens (tertiary/aromatic N) is 1. The maximum atomic E-state index is 12.3. The third kappa shape index (κ3) is 3.82. The summed E-state index contributed by atoms with van der Waals surface area (Å²) in [6.07, 6.45) is 6.66. The number of ether oxygens (including phenoxy) is 1. The second-order valence-corrected chi connectivity index (χ2v) is 5.45. The van der Waals surface area contributed by atoms with Crippen LogP contribution in [0.5, 0.6) is 11.5 Å². The van der Waals surface area contributed by atoms with Gasteiger partial charge in [-0.1, -0.05) is 42.3 Å². The molecule has 0 fully saturated rings. The predicted octanol–water partition coefficient (Wildman–Crippen LogP) is 3.32. The van der Waals surface area contributed by atoms with Crippen molar-refractivity contribution in [3.05, 3.63) is 71.8 Å². The highest BCUT2D eigenvalue weighted by Crippen LogP contribution is 2.24. The molecule has 3 rings (SSSR count). The lowest BCUT2D eigenvalue weighted by Crippen LogP contribution is -2.17. The molecule has 0 saturated carbocycles. The third-order valence-electron chi connectivity index (χ3n) is 3.71. The van der Waals surface area contributed by atoms with Crippen molar-refractivity contribution in [3.8, 4) is 23.8 Å². The molecule has 0 atom stereocenters. The van der Waals surface area contributed by atoms with Gasteiger partial charge in [0.15, 0.2) is 0 Å². The van der Waals surface area contributed by atoms with Gasteiger partial charge < -0.3 is 9.84 Å². The number of aromatic hydroxyl groups is 1. The van der Waals surface area contributed by atoms with Crippen molar-refractivity contribution >= 4 is 22.9 Å². The Morgan fingerprint density at radius 1 is 1.15 bits per heavy atom. The van der Waals surface area contributed by atoms with Crippen LogP contribution in [0, 0.1) is 12.3 Å². The van der Waals surface area contributed by atoms with E-state index < -0.39 is 5.91 Å². The van der Waals surface area contributed by atoms with Gasteiger partial charge in [-0.3, -0.25) is 4.79 Å². The van der Waals surface area contributed by atoms with Gasteiger partial charge in [0.05, 0.1) is 11.8 Å². The molecule has 3 aromatic carbocycles. The Balaban J connectivity index is 1.76. The lowest BCUT2D eigenvalue weighted by atomic mass is 10.1. The standard InChI is InChI=1S/C21H16N2O3/c1-2-11-26-20-10-6-5-9-17(20)14-22-23-21(25)18-12-15-7-3-4-8-16(15)13-19(18)24/h1,3-10,12-14,24H,11H2,(H,23,25)/b22-14-. The molecule has 0 bridgehead atoms. The van der Waals surface area contributed by atoms with Crippen LogP contribution in [0.2, 0.25) is 0 Å². The molecular weight excluding hydrogens is 328 g/mol. The summed E-state index contributed by atoms with van der Waals surface area (Å²) in [4.78, 5) is 12.3. The summed E-state index contributed by atoms with van der Waals surface area (Å²) in [6, 6.07) is 17.8. The van der Waals surface area contributed by atoms with Gasteiger partial charge in [-0.25, -0.2) is 5.43 Å². The highest BCUT2D eigenvalue weighted by atomic mass is 16.5. The molecule has 0 spiro atoms. The van der Waals surface area contributed by atoms with E-state index in [2.05, 4.69) is 16.4 Å². The second kappa shape index (κ2) is 7.86. The first-order valence-electron chi connectivity index (χ1n) is 7.89. The predicted molar refractivity (Wildman–Crippen MR) is 101 cm³/mol. The van der Waals surface area contributed by atoms with Crippen LogP contribution in [-0.4, -0.2) is 23.8 Å². The summed E-state index contributed by atoms with van der Waals surface area (Å²) in [5.41, 5.74) is 3.23. The maximum absolute atomic E-state index is 12.3. The molecule has 128 valence electrons. The quantitative estimate of drug-likeness (QED) is 0.424. The fourth-order valence-corrected chi connectivity index (χ4v) is 2.47. The summed E-state index contributed by atoms with van der Waals surface area (Å²) in [7, 11) is 0. The van der Waals surface area contributed by atoms with Gasteiger partial charge in [0, 0.05) is 5.56 Å². The first-order chi connectivity index (χ1) is 12.7. The van der Waals surface area contributed by atoms with Crippen molar-refractivity contribution in [3.63, 3.8) is 0 Å². The van der Waals surface area contributed by atoms with E-state index in [0.717, 1.165) is 10.8 Å². The Bertz CT molecular complexity index is 1020. The number of phenols is 1. The molecule has 0 aromatic heterocycles. The van der Waals surface area contributed by atoms with E-state index in [1.54, 1.807) is 24.3 Å². The fraction of sp³-hybridized carbons (Fsp3) is 0.0476. The van der Waals surface area contributed by atoms with Crippen molar-refractivity contribution in [2.45, 2.75) is 0 Å². The molecule has 26 heavy (non-hydrogen) atoms. The molecular formula is C21H16N2O3. The minimum atomic E-state index is -0.508. The topological polar surface area (TPSA) is 70.9 Å². The minimum Gasteiger partial charge on any atom is -0.507 e. The maximum Gasteiger partial charge on any atom is 0.275 e. The largest absolute Gasteiger partial charge is 0.507 e. The van der Waals surface area contributed by atoms with E-state index in [0.29, 0.717) is 11.3 Å². The highest BCUT2D eigenvalue weighted by molar-refractivity contribution is 6.01. The number of amides is 1. The Hall–Kier alpha value is -3.78. The van der Waals surface area contributed by atoms with Gasteiger partial charge in [-0.05, 0) is 35.0 Å². The number of phenolic OH excluding ortho intramolecular Hbond substituents is 1. The normalized spacial score (nSPS) is 10.6. The van der Waals surface area contributed by atoms with E-state index in [1.807, 2.05) is 36.4 Å². The summed E-state index contributed by atoms with van der Waals surface area (Å²) >= 11 is 0. The average Bonchev–Trinajstić information content (AvgIpc) is 2.66. The van der Waals surface area contributed by atoms with Gasteiger partial charge in [0.25, 0.3) is 5.91 Å². The number of hydrazone groups is 1. The molecule has 0 aliphatic heterocycles. The first kappa shape index (κ1) is 17.1. The summed E-state index contributed by atoms with van der Waals surface area (Å²) in [5.74, 6) is 2.35. The molecule has 3 aromatic rings. The highest BCUT2D eigenvalue weighted by Gasteiger charge is 2.11. The molecule has 0 aliphatic carbocycles. The van der Waals surface area contributed by atoms with E-state index in [-0.39, 0.29) is 17.9 Å². The SMILES string of the molecule is C#CCOc1ccccc1/C=N\NC(=O)c1cc2ccccc2cc1O. The molecule has 5 nitrogen and oxygen atoms in total. The second-order valence-electron chi connectivity index (χ2n) is 5.45. The summed E-state index contributed by atoms with van der Waals surface area (Å²) in [6.45, 7) is 0.141. The zero-order valence-corrected chi connectivity index (χ0v) is 13.8. The van der Waals surface area contributed by atoms with Crippen molar-refractivity contribution in [1.29, 1.82) is 0 Å². The monoisotopic (exact) mass is 344 g/mol. The molecule has 1 amide bonds. The van der Waals surface area contributed by atoms with Crippen molar-refractivity contribution in [2.75, 3.05) is 6.61 Å². The van der Waals surface area contributed by atoms with E-state index in [1.165, 1.54) is 6.21 Å². The Morgan fingerprint density at radius 2 is 1.85 bits per heavy atom. The summed E-state index contributed by atoms with van der Waals surface area (Å²) in [5, 5.41) is 15.7. The van der Waals surface area contributed by atoms with E-state index in [4.69, 9.17) is 11.2 Å². The van der Waals surface area contributed by atoms with Crippen LogP contribution >= 0.6 is 0 Å². The number of fused-ring (bicyclic) bond motifs is 1. The zero-order chi connectivity index (χ0) is 18.4. The number of hydrogen-bond donors (Lipinski definition) is 2. The van der Waals surface area contributed by atoms with E-state index >= 15 is 0 Å². The van der Waals surface area contributed by atoms with Crippen LogP contribution in [0.3, 0.4) is 0 Å². The lowest BCUT2D eigenvalue weighted by molar-refractivity contribution is 0.0952. The number of nitrogens with one attached hydrogen (secondary N) is 1. The van der Waals surface area contributed by atoms with E-state index in [9.17, 15) is 9.90 Å².